The number of aryl methyl sites for hydroxylation is 1. The highest BCUT2D eigenvalue weighted by Crippen LogP contribution is 2.50. The Morgan fingerprint density at radius 3 is 2.79 bits per heavy atom. The fourth-order valence-electron chi connectivity index (χ4n) is 7.95. The van der Waals surface area contributed by atoms with Gasteiger partial charge in [-0.25, -0.2) is 4.98 Å². The molecule has 2 aliphatic heterocycles. The minimum atomic E-state index is -0.361. The number of carbonyl (C=O) groups excluding carboxylic acids is 1. The molecule has 3 atom stereocenters. The van der Waals surface area contributed by atoms with Gasteiger partial charge in [0.15, 0.2) is 5.82 Å². The number of fused-ring (bicyclic) bond motifs is 1. The van der Waals surface area contributed by atoms with Gasteiger partial charge in [-0.3, -0.25) is 9.69 Å². The number of ether oxygens (including phenoxy) is 2. The van der Waals surface area contributed by atoms with Gasteiger partial charge in [0, 0.05) is 60.1 Å². The molecule has 7 rings (SSSR count). The van der Waals surface area contributed by atoms with Gasteiger partial charge in [-0.2, -0.15) is 14.6 Å². The van der Waals surface area contributed by atoms with E-state index in [4.69, 9.17) is 29.5 Å². The van der Waals surface area contributed by atoms with E-state index in [2.05, 4.69) is 42.8 Å². The molecule has 3 aromatic rings. The standard InChI is InChI=1S/C35H44N8O3S2/c1-22(25-8-6-14-41(25)3)46-29-19-28(42-15-16-43(35(21-42)12-13-35)30(44)10-7-17-45-4)38-33(39-29)24-18-27(48-40-24)34(2)11-5-9-26-31(34)23(20-36)32(37)47-26/h7,10,18-19,22,25H,5-6,8-9,11-17,21,37H2,1-4H3/b10-7+/t22-,25-,34+/m0/s1. The first-order chi connectivity index (χ1) is 23.2. The average molecular weight is 689 g/mol. The van der Waals surface area contributed by atoms with E-state index in [0.717, 1.165) is 67.7 Å². The third-order valence-electron chi connectivity index (χ3n) is 10.7. The smallest absolute Gasteiger partial charge is 0.246 e. The molecule has 254 valence electrons. The van der Waals surface area contributed by atoms with Crippen LogP contribution in [0.2, 0.25) is 0 Å². The SMILES string of the molecule is COC/C=C/C(=O)N1CCN(c2cc(O[C@@H](C)[C@@H]3CCCN3C)nc(-c3cc([C@@]4(C)CCCc5sc(N)c(C#N)c54)sn3)n2)CC12CC2. The summed E-state index contributed by atoms with van der Waals surface area (Å²) in [5.74, 6) is 1.88. The number of carbonyl (C=O) groups is 1. The molecule has 0 unspecified atom stereocenters. The molecule has 13 heteroatoms. The monoisotopic (exact) mass is 688 g/mol. The van der Waals surface area contributed by atoms with Gasteiger partial charge in [0.25, 0.3) is 0 Å². The maximum Gasteiger partial charge on any atom is 0.246 e. The molecule has 3 aromatic heterocycles. The van der Waals surface area contributed by atoms with E-state index in [0.29, 0.717) is 60.2 Å². The van der Waals surface area contributed by atoms with Crippen LogP contribution in [0.5, 0.6) is 5.88 Å². The van der Waals surface area contributed by atoms with Crippen molar-refractivity contribution in [1.82, 2.24) is 24.1 Å². The van der Waals surface area contributed by atoms with E-state index in [-0.39, 0.29) is 23.0 Å². The van der Waals surface area contributed by atoms with E-state index >= 15 is 0 Å². The summed E-state index contributed by atoms with van der Waals surface area (Å²) in [5.41, 5.74) is 8.11. The second-order valence-corrected chi connectivity index (χ2v) is 15.8. The van der Waals surface area contributed by atoms with Gasteiger partial charge in [-0.1, -0.05) is 13.0 Å². The lowest BCUT2D eigenvalue weighted by Gasteiger charge is -2.42. The molecule has 0 bridgehead atoms. The Balaban J connectivity index is 1.21. The van der Waals surface area contributed by atoms with Gasteiger partial charge in [-0.05, 0) is 88.6 Å². The molecular weight excluding hydrogens is 645 g/mol. The number of piperazine rings is 1. The number of rotatable bonds is 9. The third kappa shape index (κ3) is 5.97. The molecule has 3 fully saturated rings. The number of methoxy groups -OCH3 is 1. The number of amides is 1. The van der Waals surface area contributed by atoms with Crippen molar-refractivity contribution in [3.63, 3.8) is 0 Å². The highest BCUT2D eigenvalue weighted by Gasteiger charge is 2.53. The summed E-state index contributed by atoms with van der Waals surface area (Å²) >= 11 is 2.99. The lowest BCUT2D eigenvalue weighted by atomic mass is 9.71. The molecule has 4 aliphatic rings. The van der Waals surface area contributed by atoms with Crippen LogP contribution < -0.4 is 15.4 Å². The van der Waals surface area contributed by atoms with Crippen molar-refractivity contribution < 1.29 is 14.3 Å². The van der Waals surface area contributed by atoms with Gasteiger partial charge in [-0.15, -0.1) is 11.3 Å². The number of anilines is 2. The number of nitrogens with zero attached hydrogens (tertiary/aromatic N) is 7. The predicted molar refractivity (Wildman–Crippen MR) is 189 cm³/mol. The summed E-state index contributed by atoms with van der Waals surface area (Å²) in [6.45, 7) is 7.78. The summed E-state index contributed by atoms with van der Waals surface area (Å²) in [6, 6.07) is 6.75. The number of likely N-dealkylation sites (tertiary alicyclic amines) is 1. The Kier molecular flexibility index (Phi) is 8.95. The maximum atomic E-state index is 13.1. The van der Waals surface area contributed by atoms with Crippen LogP contribution in [0.25, 0.3) is 11.5 Å². The van der Waals surface area contributed by atoms with Crippen molar-refractivity contribution in [3.05, 3.63) is 45.2 Å². The summed E-state index contributed by atoms with van der Waals surface area (Å²) in [5, 5.41) is 10.6. The quantitative estimate of drug-likeness (QED) is 0.306. The van der Waals surface area contributed by atoms with Crippen molar-refractivity contribution in [2.75, 3.05) is 57.6 Å². The molecule has 11 nitrogen and oxygen atoms in total. The van der Waals surface area contributed by atoms with Crippen LogP contribution in [-0.2, 0) is 21.4 Å². The van der Waals surface area contributed by atoms with Crippen LogP contribution in [0.3, 0.4) is 0 Å². The molecule has 1 saturated carbocycles. The number of nitrogens with two attached hydrogens (primary N) is 1. The first kappa shape index (κ1) is 33.0. The highest BCUT2D eigenvalue weighted by molar-refractivity contribution is 7.16. The number of likely N-dealkylation sites (N-methyl/N-ethyl adjacent to an activating group) is 1. The number of aromatic nitrogens is 3. The number of nitriles is 1. The Morgan fingerprint density at radius 2 is 2.06 bits per heavy atom. The van der Waals surface area contributed by atoms with Crippen molar-refractivity contribution in [2.45, 2.75) is 81.9 Å². The lowest BCUT2D eigenvalue weighted by Crippen LogP contribution is -2.57. The number of nitrogen functional groups attached to an aromatic ring is 1. The normalized spacial score (nSPS) is 24.2. The molecule has 48 heavy (non-hydrogen) atoms. The van der Waals surface area contributed by atoms with Crippen LogP contribution in [0.15, 0.2) is 24.3 Å². The van der Waals surface area contributed by atoms with Crippen LogP contribution in [0.4, 0.5) is 10.8 Å². The van der Waals surface area contributed by atoms with Gasteiger partial charge >= 0.3 is 0 Å². The van der Waals surface area contributed by atoms with Crippen LogP contribution in [0, 0.1) is 11.3 Å². The van der Waals surface area contributed by atoms with Crippen molar-refractivity contribution in [1.29, 1.82) is 5.26 Å². The molecule has 1 amide bonds. The maximum absolute atomic E-state index is 13.1. The number of thiophene rings is 1. The van der Waals surface area contributed by atoms with E-state index in [1.54, 1.807) is 30.6 Å². The Hall–Kier alpha value is -3.57. The molecule has 5 heterocycles. The average Bonchev–Trinajstić information content (AvgIpc) is 3.40. The second-order valence-electron chi connectivity index (χ2n) is 13.9. The van der Waals surface area contributed by atoms with Crippen molar-refractivity contribution >= 4 is 39.6 Å². The summed E-state index contributed by atoms with van der Waals surface area (Å²) in [7, 11) is 3.78. The molecule has 2 saturated heterocycles. The minimum absolute atomic E-state index is 0.0346. The van der Waals surface area contributed by atoms with Gasteiger partial charge in [0.1, 0.15) is 28.7 Å². The summed E-state index contributed by atoms with van der Waals surface area (Å²) < 4.78 is 16.6. The highest BCUT2D eigenvalue weighted by atomic mass is 32.1. The predicted octanol–water partition coefficient (Wildman–Crippen LogP) is 5.00. The zero-order chi connectivity index (χ0) is 33.6. The fraction of sp³-hybridized carbons (Fsp3) is 0.571. The first-order valence-electron chi connectivity index (χ1n) is 16.9. The largest absolute Gasteiger partial charge is 0.473 e. The minimum Gasteiger partial charge on any atom is -0.473 e. The van der Waals surface area contributed by atoms with E-state index < -0.39 is 0 Å². The Bertz CT molecular complexity index is 1760. The van der Waals surface area contributed by atoms with Gasteiger partial charge in [0.05, 0.1) is 17.7 Å². The van der Waals surface area contributed by atoms with Gasteiger partial charge in [0.2, 0.25) is 11.8 Å². The summed E-state index contributed by atoms with van der Waals surface area (Å²) in [4.78, 5) is 32.1. The van der Waals surface area contributed by atoms with E-state index in [1.165, 1.54) is 16.4 Å². The molecular formula is C35H44N8O3S2. The Morgan fingerprint density at radius 1 is 1.23 bits per heavy atom. The molecule has 2 N–H and O–H groups in total. The van der Waals surface area contributed by atoms with Crippen LogP contribution >= 0.6 is 22.9 Å². The number of hydrogen-bond donors (Lipinski definition) is 1. The molecule has 1 spiro atoms. The lowest BCUT2D eigenvalue weighted by molar-refractivity contribution is -0.129. The Labute approximate surface area is 290 Å². The van der Waals surface area contributed by atoms with E-state index in [9.17, 15) is 10.1 Å². The van der Waals surface area contributed by atoms with Crippen molar-refractivity contribution in [2.24, 2.45) is 0 Å². The zero-order valence-corrected chi connectivity index (χ0v) is 29.8. The van der Waals surface area contributed by atoms with Crippen LogP contribution in [-0.4, -0.2) is 94.7 Å². The topological polar surface area (TPSA) is 134 Å². The summed E-state index contributed by atoms with van der Waals surface area (Å²) in [6.07, 6.45) is 10.4. The van der Waals surface area contributed by atoms with E-state index in [1.807, 2.05) is 11.0 Å². The number of hydrogen-bond acceptors (Lipinski definition) is 12. The molecule has 0 aromatic carbocycles. The van der Waals surface area contributed by atoms with Crippen LogP contribution in [0.1, 0.15) is 73.3 Å². The molecule has 0 radical (unpaired) electrons. The fourth-order valence-corrected chi connectivity index (χ4v) is 10.0. The van der Waals surface area contributed by atoms with Gasteiger partial charge < -0.3 is 25.0 Å². The molecule has 2 aliphatic carbocycles. The third-order valence-corrected chi connectivity index (χ3v) is 12.9. The zero-order valence-electron chi connectivity index (χ0n) is 28.2. The second kappa shape index (κ2) is 13.0. The van der Waals surface area contributed by atoms with Crippen molar-refractivity contribution in [3.8, 4) is 23.5 Å². The first-order valence-corrected chi connectivity index (χ1v) is 18.5.